The number of alkyl halides is 3. The summed E-state index contributed by atoms with van der Waals surface area (Å²) in [7, 11) is -3.67. The summed E-state index contributed by atoms with van der Waals surface area (Å²) in [5.74, 6) is 0. The minimum Gasteiger partial charge on any atom is -0.286 e. The first-order valence-corrected chi connectivity index (χ1v) is 3.88. The zero-order valence-corrected chi connectivity index (χ0v) is 9.58. The lowest BCUT2D eigenvalue weighted by molar-refractivity contribution is 0.113. The molecule has 0 saturated carbocycles. The highest BCUT2D eigenvalue weighted by atomic mass is 35.5. The van der Waals surface area contributed by atoms with Gasteiger partial charge in [0, 0.05) is 0 Å². The van der Waals surface area contributed by atoms with E-state index in [1.807, 2.05) is 0 Å². The lowest BCUT2D eigenvalue weighted by Gasteiger charge is -1.78. The monoisotopic (exact) mass is 288 g/mol. The minimum atomic E-state index is -3.67. The SMILES string of the molecule is CS(=O)(=O)O.Cl.Cl.Cl.FCC(F)F. The average molecular weight is 290 g/mol. The van der Waals surface area contributed by atoms with Gasteiger partial charge < -0.3 is 0 Å². The van der Waals surface area contributed by atoms with Gasteiger partial charge in [0.15, 0.2) is 6.67 Å². The van der Waals surface area contributed by atoms with Crippen molar-refractivity contribution in [2.75, 3.05) is 12.9 Å². The largest absolute Gasteiger partial charge is 0.286 e. The Labute approximate surface area is 93.1 Å². The Bertz CT molecular complexity index is 155. The van der Waals surface area contributed by atoms with Crippen LogP contribution in [0.3, 0.4) is 0 Å². The number of halogens is 6. The molecule has 3 nitrogen and oxygen atoms in total. The van der Waals surface area contributed by atoms with E-state index >= 15 is 0 Å². The van der Waals surface area contributed by atoms with Crippen LogP contribution in [0.2, 0.25) is 0 Å². The first-order chi connectivity index (χ1) is 4.27. The van der Waals surface area contributed by atoms with Crippen LogP contribution >= 0.6 is 37.2 Å². The van der Waals surface area contributed by atoms with E-state index in [0.29, 0.717) is 6.26 Å². The van der Waals surface area contributed by atoms with Gasteiger partial charge in [-0.2, -0.15) is 8.42 Å². The molecule has 0 fully saturated rings. The fraction of sp³-hybridized carbons (Fsp3) is 1.00. The molecule has 0 saturated heterocycles. The third kappa shape index (κ3) is 213. The van der Waals surface area contributed by atoms with Crippen molar-refractivity contribution in [3.8, 4) is 0 Å². The molecule has 0 aliphatic heterocycles. The fourth-order valence-corrected chi connectivity index (χ4v) is 0. The second kappa shape index (κ2) is 15.1. The lowest BCUT2D eigenvalue weighted by Crippen LogP contribution is -1.88. The zero-order chi connectivity index (χ0) is 8.78. The zero-order valence-electron chi connectivity index (χ0n) is 6.32. The van der Waals surface area contributed by atoms with Crippen molar-refractivity contribution < 1.29 is 26.1 Å². The molecule has 0 atom stereocenters. The molecule has 0 aliphatic rings. The molecule has 0 amide bonds. The Morgan fingerprint density at radius 1 is 1.23 bits per heavy atom. The summed E-state index contributed by atoms with van der Waals surface area (Å²) in [5, 5.41) is 0. The van der Waals surface area contributed by atoms with E-state index in [2.05, 4.69) is 0 Å². The van der Waals surface area contributed by atoms with Crippen LogP contribution < -0.4 is 0 Å². The van der Waals surface area contributed by atoms with Crippen LogP contribution in [0.1, 0.15) is 0 Å². The molecule has 0 spiro atoms. The second-order valence-electron chi connectivity index (χ2n) is 1.28. The number of hydrogen-bond acceptors (Lipinski definition) is 2. The fourth-order valence-electron chi connectivity index (χ4n) is 0. The smallest absolute Gasteiger partial charge is 0.266 e. The molecule has 0 aromatic carbocycles. The third-order valence-corrected chi connectivity index (χ3v) is 0.117. The van der Waals surface area contributed by atoms with E-state index in [4.69, 9.17) is 4.55 Å². The maximum Gasteiger partial charge on any atom is 0.266 e. The van der Waals surface area contributed by atoms with Gasteiger partial charge in [-0.1, -0.05) is 0 Å². The first kappa shape index (κ1) is 29.2. The summed E-state index contributed by atoms with van der Waals surface area (Å²) in [6.07, 6.45) is -2.07. The predicted octanol–water partition coefficient (Wildman–Crippen LogP) is 1.99. The van der Waals surface area contributed by atoms with E-state index in [9.17, 15) is 21.6 Å². The van der Waals surface area contributed by atoms with E-state index in [1.165, 1.54) is 0 Å². The Morgan fingerprint density at radius 3 is 1.31 bits per heavy atom. The molecule has 13 heavy (non-hydrogen) atoms. The molecular weight excluding hydrogens is 279 g/mol. The van der Waals surface area contributed by atoms with Crippen LogP contribution in [0.25, 0.3) is 0 Å². The summed E-state index contributed by atoms with van der Waals surface area (Å²) in [5.41, 5.74) is 0. The molecule has 0 bridgehead atoms. The van der Waals surface area contributed by atoms with Crippen LogP contribution in [0.15, 0.2) is 0 Å². The molecule has 88 valence electrons. The summed E-state index contributed by atoms with van der Waals surface area (Å²) >= 11 is 0. The van der Waals surface area contributed by atoms with Gasteiger partial charge in [-0.05, 0) is 0 Å². The topological polar surface area (TPSA) is 54.4 Å². The normalized spacial score (nSPS) is 8.15. The van der Waals surface area contributed by atoms with E-state index < -0.39 is 23.2 Å². The molecular formula is C3H10Cl3F3O3S. The van der Waals surface area contributed by atoms with Gasteiger partial charge in [0.05, 0.1) is 6.26 Å². The van der Waals surface area contributed by atoms with Crippen molar-refractivity contribution in [3.63, 3.8) is 0 Å². The molecule has 0 aromatic rings. The van der Waals surface area contributed by atoms with Crippen LogP contribution in [-0.4, -0.2) is 32.3 Å². The van der Waals surface area contributed by atoms with Gasteiger partial charge >= 0.3 is 0 Å². The second-order valence-corrected chi connectivity index (χ2v) is 2.74. The van der Waals surface area contributed by atoms with Gasteiger partial charge in [-0.25, -0.2) is 13.2 Å². The summed E-state index contributed by atoms with van der Waals surface area (Å²) in [6, 6.07) is 0. The van der Waals surface area contributed by atoms with Crippen molar-refractivity contribution >= 4 is 47.3 Å². The molecule has 0 aliphatic carbocycles. The molecule has 0 unspecified atom stereocenters. The Kier molecular flexibility index (Phi) is 33.8. The van der Waals surface area contributed by atoms with E-state index in [-0.39, 0.29) is 37.2 Å². The third-order valence-electron chi connectivity index (χ3n) is 0.117. The maximum absolute atomic E-state index is 10.4. The molecule has 0 aromatic heterocycles. The van der Waals surface area contributed by atoms with Crippen molar-refractivity contribution in [3.05, 3.63) is 0 Å². The highest BCUT2D eigenvalue weighted by Gasteiger charge is 1.95. The standard InChI is InChI=1S/C2H3F3.CH4O3S.3ClH/c3-1-2(4)5;1-5(2,3)4;;;/h2H,1H2;1H3,(H,2,3,4);3*1H. The van der Waals surface area contributed by atoms with Crippen LogP contribution in [0.5, 0.6) is 0 Å². The highest BCUT2D eigenvalue weighted by Crippen LogP contribution is 1.88. The Morgan fingerprint density at radius 2 is 1.31 bits per heavy atom. The number of hydrogen-bond donors (Lipinski definition) is 1. The summed E-state index contributed by atoms with van der Waals surface area (Å²) in [6.45, 7) is -1.53. The van der Waals surface area contributed by atoms with Crippen LogP contribution in [-0.2, 0) is 10.1 Å². The van der Waals surface area contributed by atoms with Crippen LogP contribution in [0.4, 0.5) is 13.2 Å². The van der Waals surface area contributed by atoms with E-state index in [1.54, 1.807) is 0 Å². The maximum atomic E-state index is 10.4. The van der Waals surface area contributed by atoms with Crippen LogP contribution in [0, 0.1) is 0 Å². The molecule has 0 radical (unpaired) electrons. The Balaban J connectivity index is -0.0000000267. The number of rotatable bonds is 1. The molecule has 0 heterocycles. The molecule has 10 heteroatoms. The quantitative estimate of drug-likeness (QED) is 0.751. The lowest BCUT2D eigenvalue weighted by atomic mass is 10.8. The predicted molar refractivity (Wildman–Crippen MR) is 51.2 cm³/mol. The van der Waals surface area contributed by atoms with Crippen molar-refractivity contribution in [1.82, 2.24) is 0 Å². The van der Waals surface area contributed by atoms with Crippen molar-refractivity contribution in [1.29, 1.82) is 0 Å². The molecule has 1 N–H and O–H groups in total. The molecule has 0 rings (SSSR count). The first-order valence-electron chi connectivity index (χ1n) is 2.04. The van der Waals surface area contributed by atoms with Gasteiger partial charge in [-0.15, -0.1) is 37.2 Å². The van der Waals surface area contributed by atoms with Gasteiger partial charge in [0.25, 0.3) is 16.5 Å². The van der Waals surface area contributed by atoms with Gasteiger partial charge in [0.2, 0.25) is 0 Å². The van der Waals surface area contributed by atoms with Crippen molar-refractivity contribution in [2.45, 2.75) is 6.43 Å². The van der Waals surface area contributed by atoms with Gasteiger partial charge in [0.1, 0.15) is 0 Å². The van der Waals surface area contributed by atoms with Crippen molar-refractivity contribution in [2.24, 2.45) is 0 Å². The highest BCUT2D eigenvalue weighted by molar-refractivity contribution is 7.85. The van der Waals surface area contributed by atoms with E-state index in [0.717, 1.165) is 0 Å². The average Bonchev–Trinajstić information content (AvgIpc) is 1.61. The summed E-state index contributed by atoms with van der Waals surface area (Å²) in [4.78, 5) is 0. The Hall–Kier alpha value is 0.570. The summed E-state index contributed by atoms with van der Waals surface area (Å²) < 4.78 is 57.0. The van der Waals surface area contributed by atoms with Gasteiger partial charge in [-0.3, -0.25) is 4.55 Å². The minimum absolute atomic E-state index is 0.